The lowest BCUT2D eigenvalue weighted by Gasteiger charge is -2.29. The zero-order valence-corrected chi connectivity index (χ0v) is 20.7. The minimum atomic E-state index is -1.12. The quantitative estimate of drug-likeness (QED) is 0.474. The Morgan fingerprint density at radius 3 is 2.42 bits per heavy atom. The number of hydrogen-bond donors (Lipinski definition) is 3. The molecular formula is C27H28ClN5O3. The largest absolute Gasteiger partial charge is 0.349 e. The summed E-state index contributed by atoms with van der Waals surface area (Å²) in [5.74, 6) is -0.769. The van der Waals surface area contributed by atoms with Crippen LogP contribution < -0.4 is 16.4 Å². The van der Waals surface area contributed by atoms with E-state index in [9.17, 15) is 14.4 Å². The topological polar surface area (TPSA) is 108 Å². The number of carbonyl (C=O) groups excluding carboxylic acids is 3. The molecule has 0 bridgehead atoms. The van der Waals surface area contributed by atoms with E-state index in [0.29, 0.717) is 22.8 Å². The minimum absolute atomic E-state index is 0.199. The highest BCUT2D eigenvalue weighted by molar-refractivity contribution is 6.30. The van der Waals surface area contributed by atoms with Crippen LogP contribution in [-0.2, 0) is 17.9 Å². The van der Waals surface area contributed by atoms with E-state index in [1.165, 1.54) is 9.80 Å². The molecule has 1 atom stereocenters. The third-order valence-electron chi connectivity index (χ3n) is 5.96. The van der Waals surface area contributed by atoms with E-state index in [-0.39, 0.29) is 25.5 Å². The zero-order chi connectivity index (χ0) is 25.7. The summed E-state index contributed by atoms with van der Waals surface area (Å²) in [5, 5.41) is 6.13. The second kappa shape index (κ2) is 11.2. The van der Waals surface area contributed by atoms with Gasteiger partial charge in [0.1, 0.15) is 0 Å². The normalized spacial score (nSPS) is 15.0. The lowest BCUT2D eigenvalue weighted by Crippen LogP contribution is -2.54. The van der Waals surface area contributed by atoms with Gasteiger partial charge in [-0.05, 0) is 48.4 Å². The van der Waals surface area contributed by atoms with E-state index in [1.54, 1.807) is 42.5 Å². The van der Waals surface area contributed by atoms with Crippen molar-refractivity contribution in [3.63, 3.8) is 0 Å². The molecule has 0 radical (unpaired) electrons. The Bertz CT molecular complexity index is 1280. The van der Waals surface area contributed by atoms with Gasteiger partial charge >= 0.3 is 6.03 Å². The van der Waals surface area contributed by atoms with Gasteiger partial charge in [0.2, 0.25) is 0 Å². The summed E-state index contributed by atoms with van der Waals surface area (Å²) in [4.78, 5) is 42.8. The van der Waals surface area contributed by atoms with Crippen LogP contribution in [0.25, 0.3) is 0 Å². The molecule has 1 fully saturated rings. The van der Waals surface area contributed by atoms with Crippen LogP contribution in [-0.4, -0.2) is 46.9 Å². The molecule has 8 nitrogen and oxygen atoms in total. The molecule has 4 rings (SSSR count). The molecule has 4 N–H and O–H groups in total. The first-order valence-corrected chi connectivity index (χ1v) is 12.0. The number of nitrogens with zero attached hydrogens (tertiary/aromatic N) is 2. The number of aryl methyl sites for hydroxylation is 1. The van der Waals surface area contributed by atoms with Crippen molar-refractivity contribution in [2.24, 2.45) is 5.73 Å². The van der Waals surface area contributed by atoms with E-state index in [2.05, 4.69) is 10.6 Å². The summed E-state index contributed by atoms with van der Waals surface area (Å²) in [7, 11) is 0. The Hall–Kier alpha value is -3.88. The number of anilines is 1. The first kappa shape index (κ1) is 25.2. The Balaban J connectivity index is 1.57. The predicted molar refractivity (Wildman–Crippen MR) is 139 cm³/mol. The average molecular weight is 506 g/mol. The summed E-state index contributed by atoms with van der Waals surface area (Å²) in [5.41, 5.74) is 9.42. The number of hydrogen-bond acceptors (Lipinski definition) is 4. The SMILES string of the molecule is Cc1cccc(C(=O)N2CCN(C(=O)Nc3cccc(Cl)c3)C2C(=O)NCc2cccc(CN)c2)c1. The maximum Gasteiger partial charge on any atom is 0.323 e. The molecular weight excluding hydrogens is 478 g/mol. The third-order valence-corrected chi connectivity index (χ3v) is 6.20. The maximum absolute atomic E-state index is 13.4. The maximum atomic E-state index is 13.4. The molecule has 3 aromatic carbocycles. The molecule has 1 heterocycles. The van der Waals surface area contributed by atoms with Crippen LogP contribution in [0, 0.1) is 6.92 Å². The highest BCUT2D eigenvalue weighted by Gasteiger charge is 2.43. The first-order chi connectivity index (χ1) is 17.4. The van der Waals surface area contributed by atoms with Gasteiger partial charge in [0, 0.05) is 42.5 Å². The van der Waals surface area contributed by atoms with Gasteiger partial charge in [0.05, 0.1) is 0 Å². The van der Waals surface area contributed by atoms with Gasteiger partial charge in [-0.2, -0.15) is 0 Å². The summed E-state index contributed by atoms with van der Waals surface area (Å²) in [6.45, 7) is 2.94. The molecule has 3 aromatic rings. The smallest absolute Gasteiger partial charge is 0.323 e. The number of rotatable bonds is 6. The van der Waals surface area contributed by atoms with Crippen LogP contribution in [0.1, 0.15) is 27.0 Å². The summed E-state index contributed by atoms with van der Waals surface area (Å²) in [6.07, 6.45) is -1.12. The van der Waals surface area contributed by atoms with Crippen molar-refractivity contribution >= 4 is 35.1 Å². The molecule has 36 heavy (non-hydrogen) atoms. The molecule has 1 saturated heterocycles. The molecule has 0 aromatic heterocycles. The fraction of sp³-hybridized carbons (Fsp3) is 0.222. The van der Waals surface area contributed by atoms with Crippen LogP contribution in [0.5, 0.6) is 0 Å². The van der Waals surface area contributed by atoms with Crippen molar-refractivity contribution in [2.45, 2.75) is 26.2 Å². The lowest BCUT2D eigenvalue weighted by molar-refractivity contribution is -0.128. The van der Waals surface area contributed by atoms with E-state index in [1.807, 2.05) is 37.3 Å². The van der Waals surface area contributed by atoms with Crippen LogP contribution >= 0.6 is 11.6 Å². The monoisotopic (exact) mass is 505 g/mol. The second-order valence-corrected chi connectivity index (χ2v) is 9.05. The number of halogens is 1. The van der Waals surface area contributed by atoms with Gasteiger partial charge in [0.15, 0.2) is 6.17 Å². The number of nitrogens with one attached hydrogen (secondary N) is 2. The van der Waals surface area contributed by atoms with E-state index in [4.69, 9.17) is 17.3 Å². The summed E-state index contributed by atoms with van der Waals surface area (Å²) in [6, 6.07) is 21.0. The molecule has 0 saturated carbocycles. The van der Waals surface area contributed by atoms with E-state index < -0.39 is 18.1 Å². The molecule has 1 aliphatic heterocycles. The Kier molecular flexibility index (Phi) is 7.87. The van der Waals surface area contributed by atoms with E-state index in [0.717, 1.165) is 16.7 Å². The van der Waals surface area contributed by atoms with Crippen molar-refractivity contribution in [3.05, 3.63) is 100 Å². The van der Waals surface area contributed by atoms with Gasteiger partial charge in [-0.25, -0.2) is 4.79 Å². The molecule has 186 valence electrons. The number of urea groups is 1. The predicted octanol–water partition coefficient (Wildman–Crippen LogP) is 3.74. The van der Waals surface area contributed by atoms with Crippen LogP contribution in [0.4, 0.5) is 10.5 Å². The minimum Gasteiger partial charge on any atom is -0.349 e. The number of carbonyl (C=O) groups is 3. The highest BCUT2D eigenvalue weighted by Crippen LogP contribution is 2.22. The molecule has 1 unspecified atom stereocenters. The van der Waals surface area contributed by atoms with Gasteiger partial charge in [-0.3, -0.25) is 14.5 Å². The first-order valence-electron chi connectivity index (χ1n) is 11.6. The lowest BCUT2D eigenvalue weighted by atomic mass is 10.1. The number of benzene rings is 3. The van der Waals surface area contributed by atoms with Crippen molar-refractivity contribution in [2.75, 3.05) is 18.4 Å². The molecule has 4 amide bonds. The van der Waals surface area contributed by atoms with Crippen LogP contribution in [0.15, 0.2) is 72.8 Å². The van der Waals surface area contributed by atoms with Gasteiger partial charge in [0.25, 0.3) is 11.8 Å². The van der Waals surface area contributed by atoms with Gasteiger partial charge in [-0.1, -0.05) is 59.6 Å². The fourth-order valence-corrected chi connectivity index (χ4v) is 4.38. The molecule has 0 spiro atoms. The standard InChI is InChI=1S/C27H28ClN5O3/c1-18-5-2-8-21(13-18)26(35)32-11-12-33(27(36)31-23-10-4-9-22(28)15-23)25(32)24(34)30-17-20-7-3-6-19(14-20)16-29/h2-10,13-15,25H,11-12,16-17,29H2,1H3,(H,30,34)(H,31,36). The van der Waals surface area contributed by atoms with Crippen LogP contribution in [0.2, 0.25) is 5.02 Å². The number of nitrogens with two attached hydrogens (primary N) is 1. The molecule has 0 aliphatic carbocycles. The zero-order valence-electron chi connectivity index (χ0n) is 19.9. The Morgan fingerprint density at radius 1 is 0.944 bits per heavy atom. The summed E-state index contributed by atoms with van der Waals surface area (Å²) >= 11 is 6.04. The fourth-order valence-electron chi connectivity index (χ4n) is 4.19. The third kappa shape index (κ3) is 5.84. The number of amides is 4. The Morgan fingerprint density at radius 2 is 1.67 bits per heavy atom. The van der Waals surface area contributed by atoms with Crippen molar-refractivity contribution < 1.29 is 14.4 Å². The Labute approximate surface area is 215 Å². The van der Waals surface area contributed by atoms with E-state index >= 15 is 0 Å². The highest BCUT2D eigenvalue weighted by atomic mass is 35.5. The average Bonchev–Trinajstić information content (AvgIpc) is 3.32. The van der Waals surface area contributed by atoms with Crippen molar-refractivity contribution in [3.8, 4) is 0 Å². The molecule has 1 aliphatic rings. The molecule has 9 heteroatoms. The van der Waals surface area contributed by atoms with Crippen LogP contribution in [0.3, 0.4) is 0 Å². The van der Waals surface area contributed by atoms with Crippen molar-refractivity contribution in [1.29, 1.82) is 0 Å². The van der Waals surface area contributed by atoms with Gasteiger partial charge in [-0.15, -0.1) is 0 Å². The summed E-state index contributed by atoms with van der Waals surface area (Å²) < 4.78 is 0. The second-order valence-electron chi connectivity index (χ2n) is 8.62. The van der Waals surface area contributed by atoms with Crippen molar-refractivity contribution in [1.82, 2.24) is 15.1 Å². The van der Waals surface area contributed by atoms with Gasteiger partial charge < -0.3 is 21.3 Å².